The van der Waals surface area contributed by atoms with Crippen molar-refractivity contribution < 1.29 is 24.5 Å². The molecular weight excluding hydrogens is 661 g/mol. The lowest BCUT2D eigenvalue weighted by molar-refractivity contribution is 0.0231. The Labute approximate surface area is 265 Å². The predicted octanol–water partition coefficient (Wildman–Crippen LogP) is 3.94. The fourth-order valence-electron chi connectivity index (χ4n) is 6.77. The number of benzene rings is 2. The van der Waals surface area contributed by atoms with Gasteiger partial charge in [-0.1, -0.05) is 12.1 Å². The molecule has 1 saturated carbocycles. The first-order valence-electron chi connectivity index (χ1n) is 15.2. The van der Waals surface area contributed by atoms with Crippen LogP contribution in [0.1, 0.15) is 54.2 Å². The third kappa shape index (κ3) is 6.01. The fourth-order valence-corrected chi connectivity index (χ4v) is 7.58. The lowest BCUT2D eigenvalue weighted by Crippen LogP contribution is -2.47. The van der Waals surface area contributed by atoms with Gasteiger partial charge in [0, 0.05) is 52.7 Å². The fraction of sp³-hybridized carbons (Fsp3) is 0.531. The first-order chi connectivity index (χ1) is 20.7. The first kappa shape index (κ1) is 29.0. The number of aromatic nitrogens is 2. The van der Waals surface area contributed by atoms with Gasteiger partial charge in [0.1, 0.15) is 11.6 Å². The van der Waals surface area contributed by atoms with E-state index in [4.69, 9.17) is 19.4 Å². The summed E-state index contributed by atoms with van der Waals surface area (Å²) in [4.78, 5) is 30.2. The van der Waals surface area contributed by atoms with Gasteiger partial charge in [0.25, 0.3) is 5.91 Å². The quantitative estimate of drug-likeness (QED) is 0.355. The number of carbonyl (C=O) groups excluding carboxylic acids is 1. The van der Waals surface area contributed by atoms with Gasteiger partial charge in [-0.25, -0.2) is 0 Å². The summed E-state index contributed by atoms with van der Waals surface area (Å²) >= 11 is 2.24. The van der Waals surface area contributed by atoms with Crippen molar-refractivity contribution in [3.05, 3.63) is 50.7 Å². The number of β-amino-alcohol motifs (C(OH)–C–C–N with tert-alkyl or cyclic N) is 1. The van der Waals surface area contributed by atoms with Crippen LogP contribution in [0.3, 0.4) is 0 Å². The number of aliphatic hydroxyl groups is 1. The number of carbonyl (C=O) groups is 1. The highest BCUT2D eigenvalue weighted by Gasteiger charge is 2.45. The van der Waals surface area contributed by atoms with Crippen molar-refractivity contribution in [3.8, 4) is 11.8 Å². The molecule has 4 aliphatic rings. The van der Waals surface area contributed by atoms with E-state index in [1.807, 2.05) is 25.1 Å². The second-order valence-electron chi connectivity index (χ2n) is 12.9. The van der Waals surface area contributed by atoms with Crippen LogP contribution in [-0.4, -0.2) is 94.0 Å². The van der Waals surface area contributed by atoms with E-state index in [-0.39, 0.29) is 17.1 Å². The van der Waals surface area contributed by atoms with Crippen LogP contribution in [0.2, 0.25) is 0 Å². The van der Waals surface area contributed by atoms with E-state index >= 15 is 0 Å². The summed E-state index contributed by atoms with van der Waals surface area (Å²) in [5, 5.41) is 23.0. The minimum absolute atomic E-state index is 0.0624. The van der Waals surface area contributed by atoms with E-state index in [0.29, 0.717) is 37.8 Å². The molecule has 3 fully saturated rings. The second-order valence-corrected chi connectivity index (χ2v) is 14.1. The molecular formula is C32H38IN5O5. The van der Waals surface area contributed by atoms with Crippen LogP contribution < -0.4 is 9.64 Å². The Balaban J connectivity index is 1.17. The van der Waals surface area contributed by atoms with Gasteiger partial charge in [0.15, 0.2) is 0 Å². The van der Waals surface area contributed by atoms with Crippen molar-refractivity contribution in [2.75, 3.05) is 57.4 Å². The topological polar surface area (TPSA) is 111 Å². The SMILES string of the molecule is C[C@@]1(O)CCCN(c2nc(OCC3(CN4CCOCC4)CC3)nc3c2CN(C(=O)c2cc(O)cc4cccc(I)c24)C3)C1. The van der Waals surface area contributed by atoms with E-state index in [1.165, 1.54) is 0 Å². The molecule has 0 spiro atoms. The number of ether oxygens (including phenoxy) is 2. The summed E-state index contributed by atoms with van der Waals surface area (Å²) in [7, 11) is 0. The van der Waals surface area contributed by atoms with Gasteiger partial charge in [-0.05, 0) is 78.8 Å². The Kier molecular flexibility index (Phi) is 7.63. The number of phenols is 1. The highest BCUT2D eigenvalue weighted by Crippen LogP contribution is 2.47. The van der Waals surface area contributed by atoms with E-state index in [9.17, 15) is 15.0 Å². The number of aromatic hydroxyl groups is 1. The largest absolute Gasteiger partial charge is 0.508 e. The number of hydrogen-bond donors (Lipinski definition) is 2. The molecule has 1 aliphatic carbocycles. The van der Waals surface area contributed by atoms with Gasteiger partial charge < -0.3 is 29.5 Å². The molecule has 10 nitrogen and oxygen atoms in total. The third-order valence-corrected chi connectivity index (χ3v) is 10.2. The standard InChI is InChI=1S/C32H38IN5O5/c1-31(41)6-3-9-37(18-31)28-24-16-38(29(40)23-15-22(39)14-21-4-2-5-25(33)27(21)23)17-26(24)34-30(35-28)43-20-32(7-8-32)19-36-10-12-42-13-11-36/h2,4-5,14-15,39,41H,3,6-13,16-20H2,1H3/t31-/m1/s1. The third-order valence-electron chi connectivity index (χ3n) is 9.27. The molecule has 1 atom stereocenters. The lowest BCUT2D eigenvalue weighted by Gasteiger charge is -2.38. The molecule has 0 bridgehead atoms. The van der Waals surface area contributed by atoms with Crippen LogP contribution in [0, 0.1) is 8.99 Å². The molecule has 1 amide bonds. The van der Waals surface area contributed by atoms with Crippen molar-refractivity contribution in [1.82, 2.24) is 19.8 Å². The van der Waals surface area contributed by atoms with E-state index in [0.717, 1.165) is 96.5 Å². The zero-order chi connectivity index (χ0) is 29.8. The molecule has 2 aromatic carbocycles. The van der Waals surface area contributed by atoms with Gasteiger partial charge in [0.05, 0.1) is 49.8 Å². The maximum absolute atomic E-state index is 14.0. The van der Waals surface area contributed by atoms with E-state index in [1.54, 1.807) is 17.0 Å². The summed E-state index contributed by atoms with van der Waals surface area (Å²) in [5.41, 5.74) is 1.43. The Bertz CT molecular complexity index is 1550. The summed E-state index contributed by atoms with van der Waals surface area (Å²) in [5.74, 6) is 0.639. The summed E-state index contributed by atoms with van der Waals surface area (Å²) < 4.78 is 12.8. The zero-order valence-electron chi connectivity index (χ0n) is 24.5. The van der Waals surface area contributed by atoms with Crippen molar-refractivity contribution >= 4 is 45.1 Å². The minimum Gasteiger partial charge on any atom is -0.508 e. The van der Waals surface area contributed by atoms with Crippen molar-refractivity contribution in [2.45, 2.75) is 51.3 Å². The van der Waals surface area contributed by atoms with Crippen LogP contribution in [0.5, 0.6) is 11.8 Å². The van der Waals surface area contributed by atoms with Crippen LogP contribution in [0.15, 0.2) is 30.3 Å². The summed E-state index contributed by atoms with van der Waals surface area (Å²) in [6.45, 7) is 8.77. The number of amides is 1. The molecule has 228 valence electrons. The zero-order valence-corrected chi connectivity index (χ0v) is 26.7. The lowest BCUT2D eigenvalue weighted by atomic mass is 9.95. The number of nitrogens with zero attached hydrogens (tertiary/aromatic N) is 5. The molecule has 0 radical (unpaired) electrons. The Morgan fingerprint density at radius 3 is 2.70 bits per heavy atom. The number of halogens is 1. The highest BCUT2D eigenvalue weighted by molar-refractivity contribution is 14.1. The Hall–Kier alpha value is -2.74. The number of phenolic OH excluding ortho intramolecular Hbond substituents is 1. The summed E-state index contributed by atoms with van der Waals surface area (Å²) in [6, 6.07) is 9.38. The molecule has 2 saturated heterocycles. The van der Waals surface area contributed by atoms with Gasteiger partial charge in [-0.3, -0.25) is 9.69 Å². The van der Waals surface area contributed by atoms with Gasteiger partial charge >= 0.3 is 6.01 Å². The average Bonchev–Trinajstić information content (AvgIpc) is 3.60. The minimum atomic E-state index is -0.821. The van der Waals surface area contributed by atoms with E-state index in [2.05, 4.69) is 32.4 Å². The maximum Gasteiger partial charge on any atom is 0.318 e. The predicted molar refractivity (Wildman–Crippen MR) is 170 cm³/mol. The molecule has 43 heavy (non-hydrogen) atoms. The second kappa shape index (κ2) is 11.3. The number of piperidine rings is 1. The molecule has 7 rings (SSSR count). The monoisotopic (exact) mass is 699 g/mol. The number of hydrogen-bond acceptors (Lipinski definition) is 9. The first-order valence-corrected chi connectivity index (χ1v) is 16.3. The molecule has 4 heterocycles. The number of anilines is 1. The van der Waals surface area contributed by atoms with Gasteiger partial charge in [0.2, 0.25) is 0 Å². The van der Waals surface area contributed by atoms with E-state index < -0.39 is 5.60 Å². The normalized spacial score (nSPS) is 23.4. The highest BCUT2D eigenvalue weighted by atomic mass is 127. The molecule has 11 heteroatoms. The summed E-state index contributed by atoms with van der Waals surface area (Å²) in [6.07, 6.45) is 3.82. The number of fused-ring (bicyclic) bond motifs is 2. The van der Waals surface area contributed by atoms with Gasteiger partial charge in [-0.2, -0.15) is 9.97 Å². The molecule has 1 aromatic heterocycles. The van der Waals surface area contributed by atoms with Crippen LogP contribution in [0.4, 0.5) is 5.82 Å². The van der Waals surface area contributed by atoms with Crippen molar-refractivity contribution in [1.29, 1.82) is 0 Å². The van der Waals surface area contributed by atoms with Crippen LogP contribution >= 0.6 is 22.6 Å². The van der Waals surface area contributed by atoms with Crippen LogP contribution in [0.25, 0.3) is 10.8 Å². The molecule has 0 unspecified atom stereocenters. The molecule has 2 N–H and O–H groups in total. The van der Waals surface area contributed by atoms with Crippen molar-refractivity contribution in [3.63, 3.8) is 0 Å². The van der Waals surface area contributed by atoms with Crippen LogP contribution in [-0.2, 0) is 17.8 Å². The van der Waals surface area contributed by atoms with Crippen molar-refractivity contribution in [2.24, 2.45) is 5.41 Å². The Morgan fingerprint density at radius 1 is 1.12 bits per heavy atom. The Morgan fingerprint density at radius 2 is 1.93 bits per heavy atom. The number of rotatable bonds is 7. The molecule has 3 aromatic rings. The smallest absolute Gasteiger partial charge is 0.318 e. The number of morpholine rings is 1. The maximum atomic E-state index is 14.0. The van der Waals surface area contributed by atoms with Gasteiger partial charge in [-0.15, -0.1) is 0 Å². The average molecular weight is 700 g/mol. The molecule has 3 aliphatic heterocycles.